The van der Waals surface area contributed by atoms with Gasteiger partial charge in [-0.15, -0.1) is 0 Å². The van der Waals surface area contributed by atoms with Crippen molar-refractivity contribution in [2.75, 3.05) is 13.7 Å². The number of rotatable bonds is 5. The van der Waals surface area contributed by atoms with E-state index in [1.165, 1.54) is 19.2 Å². The SMILES string of the molecule is COC(=O)c1ccc(C(O)C(O)CCN)c(F)c1. The van der Waals surface area contributed by atoms with Crippen molar-refractivity contribution in [1.82, 2.24) is 0 Å². The molecule has 100 valence electrons. The number of aliphatic hydroxyl groups excluding tert-OH is 2. The molecule has 0 saturated carbocycles. The lowest BCUT2D eigenvalue weighted by Gasteiger charge is -2.18. The van der Waals surface area contributed by atoms with E-state index in [2.05, 4.69) is 4.74 Å². The molecule has 0 aliphatic rings. The Morgan fingerprint density at radius 3 is 2.67 bits per heavy atom. The summed E-state index contributed by atoms with van der Waals surface area (Å²) in [6, 6.07) is 3.52. The molecule has 0 aromatic heterocycles. The minimum atomic E-state index is -1.37. The molecule has 1 aromatic rings. The van der Waals surface area contributed by atoms with Crippen LogP contribution in [0.15, 0.2) is 18.2 Å². The zero-order valence-corrected chi connectivity index (χ0v) is 9.97. The van der Waals surface area contributed by atoms with Crippen molar-refractivity contribution in [2.24, 2.45) is 5.73 Å². The third-order valence-corrected chi connectivity index (χ3v) is 2.57. The summed E-state index contributed by atoms with van der Waals surface area (Å²) in [4.78, 5) is 11.2. The lowest BCUT2D eigenvalue weighted by Crippen LogP contribution is -2.22. The van der Waals surface area contributed by atoms with Gasteiger partial charge >= 0.3 is 5.97 Å². The van der Waals surface area contributed by atoms with Crippen molar-refractivity contribution < 1.29 is 24.1 Å². The van der Waals surface area contributed by atoms with Crippen LogP contribution in [-0.2, 0) is 4.74 Å². The molecule has 5 nitrogen and oxygen atoms in total. The first-order valence-electron chi connectivity index (χ1n) is 5.45. The van der Waals surface area contributed by atoms with Crippen LogP contribution in [0, 0.1) is 5.82 Å². The third kappa shape index (κ3) is 3.25. The van der Waals surface area contributed by atoms with Gasteiger partial charge in [-0.05, 0) is 25.1 Å². The van der Waals surface area contributed by atoms with Crippen LogP contribution in [0.3, 0.4) is 0 Å². The Kier molecular flexibility index (Phi) is 5.21. The number of carbonyl (C=O) groups excluding carboxylic acids is 1. The van der Waals surface area contributed by atoms with Crippen molar-refractivity contribution in [3.05, 3.63) is 35.1 Å². The molecule has 1 rings (SSSR count). The maximum absolute atomic E-state index is 13.7. The van der Waals surface area contributed by atoms with Gasteiger partial charge in [-0.3, -0.25) is 0 Å². The number of esters is 1. The number of benzene rings is 1. The van der Waals surface area contributed by atoms with Crippen molar-refractivity contribution in [2.45, 2.75) is 18.6 Å². The molecule has 0 spiro atoms. The van der Waals surface area contributed by atoms with Gasteiger partial charge < -0.3 is 20.7 Å². The van der Waals surface area contributed by atoms with E-state index in [1.807, 2.05) is 0 Å². The maximum atomic E-state index is 13.7. The van der Waals surface area contributed by atoms with Gasteiger partial charge in [0.05, 0.1) is 18.8 Å². The molecule has 0 heterocycles. The van der Waals surface area contributed by atoms with Crippen LogP contribution < -0.4 is 5.73 Å². The molecule has 0 radical (unpaired) electrons. The molecule has 0 aliphatic heterocycles. The highest BCUT2D eigenvalue weighted by atomic mass is 19.1. The predicted molar refractivity (Wildman–Crippen MR) is 62.4 cm³/mol. The first-order valence-corrected chi connectivity index (χ1v) is 5.45. The van der Waals surface area contributed by atoms with Crippen LogP contribution >= 0.6 is 0 Å². The minimum absolute atomic E-state index is 0.0410. The highest BCUT2D eigenvalue weighted by Crippen LogP contribution is 2.22. The normalized spacial score (nSPS) is 14.1. The Morgan fingerprint density at radius 1 is 1.50 bits per heavy atom. The molecule has 0 amide bonds. The minimum Gasteiger partial charge on any atom is -0.465 e. The van der Waals surface area contributed by atoms with Gasteiger partial charge in [0.25, 0.3) is 0 Å². The van der Waals surface area contributed by atoms with Crippen molar-refractivity contribution in [3.8, 4) is 0 Å². The summed E-state index contributed by atoms with van der Waals surface area (Å²) < 4.78 is 18.1. The molecule has 0 bridgehead atoms. The van der Waals surface area contributed by atoms with E-state index in [4.69, 9.17) is 5.73 Å². The van der Waals surface area contributed by atoms with Crippen molar-refractivity contribution in [1.29, 1.82) is 0 Å². The number of hydrogen-bond acceptors (Lipinski definition) is 5. The topological polar surface area (TPSA) is 92.8 Å². The van der Waals surface area contributed by atoms with E-state index < -0.39 is 24.0 Å². The lowest BCUT2D eigenvalue weighted by atomic mass is 10.00. The van der Waals surface area contributed by atoms with Crippen LogP contribution in [0.25, 0.3) is 0 Å². The Labute approximate surface area is 104 Å². The van der Waals surface area contributed by atoms with E-state index in [-0.39, 0.29) is 24.1 Å². The Morgan fingerprint density at radius 2 is 2.17 bits per heavy atom. The fourth-order valence-electron chi connectivity index (χ4n) is 1.55. The summed E-state index contributed by atoms with van der Waals surface area (Å²) >= 11 is 0. The summed E-state index contributed by atoms with van der Waals surface area (Å²) in [6.07, 6.45) is -2.37. The van der Waals surface area contributed by atoms with E-state index in [0.717, 1.165) is 6.07 Å². The Balaban J connectivity index is 2.94. The zero-order valence-electron chi connectivity index (χ0n) is 9.97. The summed E-state index contributed by atoms with van der Waals surface area (Å²) in [5.41, 5.74) is 5.20. The number of carbonyl (C=O) groups is 1. The van der Waals surface area contributed by atoms with Gasteiger partial charge in [0.1, 0.15) is 11.9 Å². The second-order valence-corrected chi connectivity index (χ2v) is 3.82. The fourth-order valence-corrected chi connectivity index (χ4v) is 1.55. The number of methoxy groups -OCH3 is 1. The highest BCUT2D eigenvalue weighted by Gasteiger charge is 2.21. The summed E-state index contributed by atoms with van der Waals surface area (Å²) in [7, 11) is 1.19. The van der Waals surface area contributed by atoms with Crippen molar-refractivity contribution in [3.63, 3.8) is 0 Å². The third-order valence-electron chi connectivity index (χ3n) is 2.57. The summed E-state index contributed by atoms with van der Waals surface area (Å²) in [6.45, 7) is 0.181. The van der Waals surface area contributed by atoms with Crippen LogP contribution in [0.2, 0.25) is 0 Å². The monoisotopic (exact) mass is 257 g/mol. The molecule has 0 aliphatic carbocycles. The number of nitrogens with two attached hydrogens (primary N) is 1. The fraction of sp³-hybridized carbons (Fsp3) is 0.417. The van der Waals surface area contributed by atoms with Gasteiger partial charge in [-0.25, -0.2) is 9.18 Å². The molecule has 0 saturated heterocycles. The van der Waals surface area contributed by atoms with Gasteiger partial charge in [0.15, 0.2) is 0 Å². The lowest BCUT2D eigenvalue weighted by molar-refractivity contribution is 0.0129. The Bertz CT molecular complexity index is 425. The van der Waals surface area contributed by atoms with Gasteiger partial charge in [-0.1, -0.05) is 6.07 Å². The molecular weight excluding hydrogens is 241 g/mol. The summed E-state index contributed by atoms with van der Waals surface area (Å²) in [5, 5.41) is 19.3. The average molecular weight is 257 g/mol. The van der Waals surface area contributed by atoms with Crippen LogP contribution in [0.4, 0.5) is 4.39 Å². The van der Waals surface area contributed by atoms with Crippen LogP contribution in [0.1, 0.15) is 28.4 Å². The van der Waals surface area contributed by atoms with E-state index in [0.29, 0.717) is 0 Å². The molecule has 18 heavy (non-hydrogen) atoms. The van der Waals surface area contributed by atoms with Crippen LogP contribution in [0.5, 0.6) is 0 Å². The molecule has 2 atom stereocenters. The standard InChI is InChI=1S/C12H16FNO4/c1-18-12(17)7-2-3-8(9(13)6-7)11(16)10(15)4-5-14/h2-3,6,10-11,15-16H,4-5,14H2,1H3. The number of halogens is 1. The quantitative estimate of drug-likeness (QED) is 0.662. The molecule has 2 unspecified atom stereocenters. The van der Waals surface area contributed by atoms with Gasteiger partial charge in [-0.2, -0.15) is 0 Å². The maximum Gasteiger partial charge on any atom is 0.337 e. The van der Waals surface area contributed by atoms with Gasteiger partial charge in [0, 0.05) is 5.56 Å². The van der Waals surface area contributed by atoms with E-state index >= 15 is 0 Å². The first kappa shape index (κ1) is 14.6. The van der Waals surface area contributed by atoms with Crippen molar-refractivity contribution >= 4 is 5.97 Å². The molecule has 4 N–H and O–H groups in total. The van der Waals surface area contributed by atoms with Gasteiger partial charge in [0.2, 0.25) is 0 Å². The van der Waals surface area contributed by atoms with E-state index in [1.54, 1.807) is 0 Å². The van der Waals surface area contributed by atoms with E-state index in [9.17, 15) is 19.4 Å². The second-order valence-electron chi connectivity index (χ2n) is 3.82. The number of ether oxygens (including phenoxy) is 1. The smallest absolute Gasteiger partial charge is 0.337 e. The Hall–Kier alpha value is -1.50. The largest absolute Gasteiger partial charge is 0.465 e. The molecule has 1 aromatic carbocycles. The number of hydrogen-bond donors (Lipinski definition) is 3. The molecular formula is C12H16FNO4. The molecule has 6 heteroatoms. The summed E-state index contributed by atoms with van der Waals surface area (Å²) in [5.74, 6) is -1.45. The predicted octanol–water partition coefficient (Wildman–Crippen LogP) is 0.355. The highest BCUT2D eigenvalue weighted by molar-refractivity contribution is 5.89. The average Bonchev–Trinajstić information content (AvgIpc) is 2.37. The first-order chi connectivity index (χ1) is 8.51. The molecule has 0 fully saturated rings. The zero-order chi connectivity index (χ0) is 13.7. The second kappa shape index (κ2) is 6.44. The number of aliphatic hydroxyl groups is 2. The van der Waals surface area contributed by atoms with Crippen LogP contribution in [-0.4, -0.2) is 35.9 Å².